The number of aryl methyl sites for hydroxylation is 1. The molecule has 94 valence electrons. The zero-order valence-electron chi connectivity index (χ0n) is 10.6. The fourth-order valence-electron chi connectivity index (χ4n) is 2.49. The molecule has 0 amide bonds. The summed E-state index contributed by atoms with van der Waals surface area (Å²) < 4.78 is 5.40. The van der Waals surface area contributed by atoms with E-state index in [2.05, 4.69) is 34.6 Å². The molecule has 3 rings (SSSR count). The molecule has 0 spiro atoms. The summed E-state index contributed by atoms with van der Waals surface area (Å²) in [7, 11) is 0. The molecule has 0 radical (unpaired) electrons. The van der Waals surface area contributed by atoms with Gasteiger partial charge in [-0.3, -0.25) is 4.98 Å². The van der Waals surface area contributed by atoms with Gasteiger partial charge in [-0.1, -0.05) is 18.2 Å². The van der Waals surface area contributed by atoms with Gasteiger partial charge >= 0.3 is 0 Å². The highest BCUT2D eigenvalue weighted by atomic mass is 16.5. The van der Waals surface area contributed by atoms with Gasteiger partial charge in [0, 0.05) is 36.0 Å². The summed E-state index contributed by atoms with van der Waals surface area (Å²) in [5.74, 6) is 0. The Balaban J connectivity index is 1.94. The Bertz CT molecular complexity index is 547. The minimum absolute atomic E-state index is 0.518. The smallest absolute Gasteiger partial charge is 0.0725 e. The van der Waals surface area contributed by atoms with E-state index in [1.54, 1.807) is 0 Å². The van der Waals surface area contributed by atoms with Gasteiger partial charge in [-0.05, 0) is 31.9 Å². The van der Waals surface area contributed by atoms with Gasteiger partial charge in [-0.2, -0.15) is 0 Å². The van der Waals surface area contributed by atoms with Crippen molar-refractivity contribution in [2.24, 2.45) is 0 Å². The Hall–Kier alpha value is -1.61. The highest BCUT2D eigenvalue weighted by Gasteiger charge is 2.14. The van der Waals surface area contributed by atoms with Crippen molar-refractivity contribution >= 4 is 16.6 Å². The summed E-state index contributed by atoms with van der Waals surface area (Å²) in [5.41, 5.74) is 3.32. The zero-order chi connectivity index (χ0) is 12.4. The maximum atomic E-state index is 5.40. The van der Waals surface area contributed by atoms with E-state index in [1.807, 2.05) is 13.0 Å². The Morgan fingerprint density at radius 1 is 1.22 bits per heavy atom. The molecule has 0 atom stereocenters. The van der Waals surface area contributed by atoms with Crippen LogP contribution in [-0.2, 0) is 4.74 Å². The molecule has 3 nitrogen and oxygen atoms in total. The number of nitrogens with one attached hydrogen (secondary N) is 1. The van der Waals surface area contributed by atoms with Crippen molar-refractivity contribution in [3.05, 3.63) is 36.0 Å². The Morgan fingerprint density at radius 2 is 2.00 bits per heavy atom. The lowest BCUT2D eigenvalue weighted by Crippen LogP contribution is -2.27. The number of rotatable bonds is 2. The van der Waals surface area contributed by atoms with E-state index in [-0.39, 0.29) is 0 Å². The number of anilines is 1. The summed E-state index contributed by atoms with van der Waals surface area (Å²) in [6.07, 6.45) is 2.16. The molecule has 1 fully saturated rings. The van der Waals surface area contributed by atoms with E-state index in [9.17, 15) is 0 Å². The molecule has 2 heterocycles. The van der Waals surface area contributed by atoms with Gasteiger partial charge in [0.15, 0.2) is 0 Å². The Labute approximate surface area is 107 Å². The van der Waals surface area contributed by atoms with Crippen molar-refractivity contribution in [3.63, 3.8) is 0 Å². The average molecular weight is 242 g/mol. The van der Waals surface area contributed by atoms with Crippen LogP contribution in [0.2, 0.25) is 0 Å². The third-order valence-electron chi connectivity index (χ3n) is 3.43. The van der Waals surface area contributed by atoms with E-state index < -0.39 is 0 Å². The highest BCUT2D eigenvalue weighted by molar-refractivity contribution is 5.91. The summed E-state index contributed by atoms with van der Waals surface area (Å²) >= 11 is 0. The number of pyridine rings is 1. The monoisotopic (exact) mass is 242 g/mol. The topological polar surface area (TPSA) is 34.1 Å². The lowest BCUT2D eigenvalue weighted by atomic mass is 10.1. The van der Waals surface area contributed by atoms with E-state index >= 15 is 0 Å². The molecule has 0 bridgehead atoms. The van der Waals surface area contributed by atoms with Gasteiger partial charge in [0.2, 0.25) is 0 Å². The minimum Gasteiger partial charge on any atom is -0.382 e. The number of ether oxygens (including phenoxy) is 1. The number of aromatic nitrogens is 1. The molecule has 1 aliphatic heterocycles. The Morgan fingerprint density at radius 3 is 2.83 bits per heavy atom. The molecule has 18 heavy (non-hydrogen) atoms. The van der Waals surface area contributed by atoms with Crippen molar-refractivity contribution in [2.75, 3.05) is 18.5 Å². The van der Waals surface area contributed by atoms with Gasteiger partial charge in [-0.15, -0.1) is 0 Å². The van der Waals surface area contributed by atoms with Crippen molar-refractivity contribution in [1.82, 2.24) is 4.98 Å². The lowest BCUT2D eigenvalue weighted by Gasteiger charge is -2.25. The number of nitrogens with zero attached hydrogens (tertiary/aromatic N) is 1. The number of hydrogen-bond acceptors (Lipinski definition) is 3. The van der Waals surface area contributed by atoms with Crippen LogP contribution in [-0.4, -0.2) is 24.2 Å². The molecular formula is C15H18N2O. The normalized spacial score (nSPS) is 16.9. The molecule has 0 saturated carbocycles. The standard InChI is InChI=1S/C15H18N2O/c1-11-10-15(17-12-6-8-18-9-7-12)13-4-2-3-5-14(13)16-11/h2-5,10,12H,6-9H2,1H3,(H,16,17). The predicted molar refractivity (Wildman–Crippen MR) is 73.9 cm³/mol. The number of para-hydroxylation sites is 1. The maximum absolute atomic E-state index is 5.40. The molecule has 3 heteroatoms. The molecule has 0 aliphatic carbocycles. The maximum Gasteiger partial charge on any atom is 0.0725 e. The van der Waals surface area contributed by atoms with Crippen molar-refractivity contribution < 1.29 is 4.74 Å². The van der Waals surface area contributed by atoms with Gasteiger partial charge < -0.3 is 10.1 Å². The first kappa shape index (κ1) is 11.5. The van der Waals surface area contributed by atoms with Crippen LogP contribution in [0, 0.1) is 6.92 Å². The SMILES string of the molecule is Cc1cc(NC2CCOCC2)c2ccccc2n1. The van der Waals surface area contributed by atoms with Gasteiger partial charge in [0.25, 0.3) is 0 Å². The van der Waals surface area contributed by atoms with Crippen LogP contribution in [0.3, 0.4) is 0 Å². The van der Waals surface area contributed by atoms with Crippen LogP contribution in [0.4, 0.5) is 5.69 Å². The third kappa shape index (κ3) is 2.31. The van der Waals surface area contributed by atoms with Crippen LogP contribution < -0.4 is 5.32 Å². The molecular weight excluding hydrogens is 224 g/mol. The lowest BCUT2D eigenvalue weighted by molar-refractivity contribution is 0.0905. The second-order valence-electron chi connectivity index (χ2n) is 4.86. The molecule has 1 aromatic heterocycles. The first-order valence-corrected chi connectivity index (χ1v) is 6.53. The number of hydrogen-bond donors (Lipinski definition) is 1. The van der Waals surface area contributed by atoms with Crippen LogP contribution in [0.5, 0.6) is 0 Å². The van der Waals surface area contributed by atoms with E-state index in [4.69, 9.17) is 4.74 Å². The van der Waals surface area contributed by atoms with E-state index in [0.717, 1.165) is 37.3 Å². The fourth-order valence-corrected chi connectivity index (χ4v) is 2.49. The predicted octanol–water partition coefficient (Wildman–Crippen LogP) is 3.13. The number of benzene rings is 1. The molecule has 1 aromatic carbocycles. The molecule has 0 unspecified atom stereocenters. The van der Waals surface area contributed by atoms with Crippen molar-refractivity contribution in [2.45, 2.75) is 25.8 Å². The average Bonchev–Trinajstić information content (AvgIpc) is 2.40. The molecule has 2 aromatic rings. The fraction of sp³-hybridized carbons (Fsp3) is 0.400. The summed E-state index contributed by atoms with van der Waals surface area (Å²) in [6, 6.07) is 10.9. The third-order valence-corrected chi connectivity index (χ3v) is 3.43. The Kier molecular flexibility index (Phi) is 3.15. The van der Waals surface area contributed by atoms with Gasteiger partial charge in [0.05, 0.1) is 5.52 Å². The summed E-state index contributed by atoms with van der Waals surface area (Å²) in [4.78, 5) is 4.56. The largest absolute Gasteiger partial charge is 0.382 e. The summed E-state index contributed by atoms with van der Waals surface area (Å²) in [5, 5.41) is 4.85. The quantitative estimate of drug-likeness (QED) is 0.878. The van der Waals surface area contributed by atoms with Crippen LogP contribution in [0.1, 0.15) is 18.5 Å². The molecule has 1 aliphatic rings. The van der Waals surface area contributed by atoms with Crippen LogP contribution in [0.25, 0.3) is 10.9 Å². The highest BCUT2D eigenvalue weighted by Crippen LogP contribution is 2.25. The van der Waals surface area contributed by atoms with E-state index in [1.165, 1.54) is 11.1 Å². The number of fused-ring (bicyclic) bond motifs is 1. The van der Waals surface area contributed by atoms with Crippen LogP contribution in [0.15, 0.2) is 30.3 Å². The first-order valence-electron chi connectivity index (χ1n) is 6.53. The van der Waals surface area contributed by atoms with Crippen LogP contribution >= 0.6 is 0 Å². The first-order chi connectivity index (χ1) is 8.83. The molecule has 1 saturated heterocycles. The molecule has 1 N–H and O–H groups in total. The van der Waals surface area contributed by atoms with Crippen molar-refractivity contribution in [3.8, 4) is 0 Å². The second kappa shape index (κ2) is 4.94. The zero-order valence-corrected chi connectivity index (χ0v) is 10.6. The van der Waals surface area contributed by atoms with Gasteiger partial charge in [-0.25, -0.2) is 0 Å². The second-order valence-corrected chi connectivity index (χ2v) is 4.86. The van der Waals surface area contributed by atoms with E-state index in [0.29, 0.717) is 6.04 Å². The van der Waals surface area contributed by atoms with Crippen molar-refractivity contribution in [1.29, 1.82) is 0 Å². The minimum atomic E-state index is 0.518. The summed E-state index contributed by atoms with van der Waals surface area (Å²) in [6.45, 7) is 3.76. The van der Waals surface area contributed by atoms with Gasteiger partial charge in [0.1, 0.15) is 0 Å².